The largest absolute Gasteiger partial charge is 0.398 e. The average molecular weight is 292 g/mol. The van der Waals surface area contributed by atoms with Gasteiger partial charge in [-0.15, -0.1) is 11.3 Å². The van der Waals surface area contributed by atoms with Gasteiger partial charge in [-0.1, -0.05) is 24.3 Å². The molecule has 0 aliphatic heterocycles. The number of aryl methyl sites for hydroxylation is 2. The highest BCUT2D eigenvalue weighted by atomic mass is 32.1. The first-order valence-corrected chi connectivity index (χ1v) is 8.12. The highest BCUT2D eigenvalue weighted by Crippen LogP contribution is 2.33. The van der Waals surface area contributed by atoms with Crippen molar-refractivity contribution in [2.75, 3.05) is 5.73 Å². The van der Waals surface area contributed by atoms with Gasteiger partial charge in [-0.3, -0.25) is 0 Å². The zero-order valence-corrected chi connectivity index (χ0v) is 12.5. The fourth-order valence-electron chi connectivity index (χ4n) is 2.95. The highest BCUT2D eigenvalue weighted by molar-refractivity contribution is 7.13. The minimum absolute atomic E-state index is 0.785. The number of fused-ring (bicyclic) bond motifs is 1. The summed E-state index contributed by atoms with van der Waals surface area (Å²) < 4.78 is 0. The molecule has 0 amide bonds. The van der Waals surface area contributed by atoms with E-state index in [0.29, 0.717) is 0 Å². The predicted octanol–water partition coefficient (Wildman–Crippen LogP) is 4.55. The summed E-state index contributed by atoms with van der Waals surface area (Å²) >= 11 is 1.65. The summed E-state index contributed by atoms with van der Waals surface area (Å²) in [5, 5.41) is 3.11. The first kappa shape index (κ1) is 12.6. The van der Waals surface area contributed by atoms with Crippen molar-refractivity contribution in [3.8, 4) is 21.8 Å². The van der Waals surface area contributed by atoms with Gasteiger partial charge in [0.2, 0.25) is 0 Å². The lowest BCUT2D eigenvalue weighted by molar-refractivity contribution is 0.912. The standard InChI is InChI=1S/C18H16N2S/c19-16-7-2-1-6-15(16)18-20-17(11-21-18)14-9-8-12-4-3-5-13(12)10-14/h1-2,6-11H,3-5,19H2. The molecule has 2 nitrogen and oxygen atoms in total. The van der Waals surface area contributed by atoms with E-state index in [0.717, 1.165) is 22.0 Å². The molecule has 0 unspecified atom stereocenters. The number of hydrogen-bond donors (Lipinski definition) is 1. The van der Waals surface area contributed by atoms with Crippen molar-refractivity contribution in [1.82, 2.24) is 4.98 Å². The zero-order chi connectivity index (χ0) is 14.2. The number of rotatable bonds is 2. The molecule has 2 N–H and O–H groups in total. The van der Waals surface area contributed by atoms with E-state index >= 15 is 0 Å². The number of benzene rings is 2. The third kappa shape index (κ3) is 2.24. The van der Waals surface area contributed by atoms with Gasteiger partial charge in [-0.05, 0) is 48.6 Å². The third-order valence-corrected chi connectivity index (χ3v) is 4.97. The van der Waals surface area contributed by atoms with Crippen LogP contribution in [0.25, 0.3) is 21.8 Å². The third-order valence-electron chi connectivity index (χ3n) is 4.09. The van der Waals surface area contributed by atoms with E-state index in [2.05, 4.69) is 23.6 Å². The van der Waals surface area contributed by atoms with Crippen LogP contribution in [0.4, 0.5) is 5.69 Å². The van der Waals surface area contributed by atoms with Crippen LogP contribution in [0.1, 0.15) is 17.5 Å². The van der Waals surface area contributed by atoms with Crippen LogP contribution in [0, 0.1) is 0 Å². The predicted molar refractivity (Wildman–Crippen MR) is 89.4 cm³/mol. The quantitative estimate of drug-likeness (QED) is 0.704. The Bertz CT molecular complexity index is 804. The van der Waals surface area contributed by atoms with Crippen LogP contribution in [0.15, 0.2) is 47.8 Å². The Morgan fingerprint density at radius 3 is 2.76 bits per heavy atom. The number of para-hydroxylation sites is 1. The van der Waals surface area contributed by atoms with E-state index in [9.17, 15) is 0 Å². The van der Waals surface area contributed by atoms with E-state index < -0.39 is 0 Å². The molecule has 1 aliphatic carbocycles. The van der Waals surface area contributed by atoms with E-state index in [4.69, 9.17) is 10.7 Å². The summed E-state index contributed by atoms with van der Waals surface area (Å²) in [5.41, 5.74) is 13.1. The normalized spacial score (nSPS) is 13.3. The fraction of sp³-hybridized carbons (Fsp3) is 0.167. The van der Waals surface area contributed by atoms with E-state index in [-0.39, 0.29) is 0 Å². The van der Waals surface area contributed by atoms with Gasteiger partial charge in [0.05, 0.1) is 5.69 Å². The molecule has 21 heavy (non-hydrogen) atoms. The second kappa shape index (κ2) is 5.01. The first-order chi connectivity index (χ1) is 10.3. The van der Waals surface area contributed by atoms with Gasteiger partial charge in [0, 0.05) is 22.2 Å². The van der Waals surface area contributed by atoms with Crippen LogP contribution >= 0.6 is 11.3 Å². The van der Waals surface area contributed by atoms with Crippen LogP contribution in [0.3, 0.4) is 0 Å². The van der Waals surface area contributed by atoms with Crippen molar-refractivity contribution < 1.29 is 0 Å². The number of hydrogen-bond acceptors (Lipinski definition) is 3. The van der Waals surface area contributed by atoms with Gasteiger partial charge in [0.1, 0.15) is 5.01 Å². The highest BCUT2D eigenvalue weighted by Gasteiger charge is 2.13. The molecule has 2 aromatic carbocycles. The number of nitrogen functional groups attached to an aromatic ring is 1. The molecular formula is C18H16N2S. The molecule has 0 saturated heterocycles. The van der Waals surface area contributed by atoms with E-state index in [1.54, 1.807) is 11.3 Å². The van der Waals surface area contributed by atoms with Gasteiger partial charge < -0.3 is 5.73 Å². The van der Waals surface area contributed by atoms with Gasteiger partial charge >= 0.3 is 0 Å². The SMILES string of the molecule is Nc1ccccc1-c1nc(-c2ccc3c(c2)CCC3)cs1. The van der Waals surface area contributed by atoms with Crippen LogP contribution < -0.4 is 5.73 Å². The van der Waals surface area contributed by atoms with Gasteiger partial charge in [-0.25, -0.2) is 4.98 Å². The zero-order valence-electron chi connectivity index (χ0n) is 11.7. The number of nitrogens with zero attached hydrogens (tertiary/aromatic N) is 1. The lowest BCUT2D eigenvalue weighted by Gasteiger charge is -2.03. The molecule has 0 atom stereocenters. The molecule has 104 valence electrons. The lowest BCUT2D eigenvalue weighted by atomic mass is 10.1. The maximum atomic E-state index is 6.04. The van der Waals surface area contributed by atoms with Gasteiger partial charge in [0.25, 0.3) is 0 Å². The Labute approximate surface area is 128 Å². The molecule has 0 fully saturated rings. The Morgan fingerprint density at radius 1 is 1.00 bits per heavy atom. The average Bonchev–Trinajstić information content (AvgIpc) is 3.16. The lowest BCUT2D eigenvalue weighted by Crippen LogP contribution is -1.89. The molecule has 0 radical (unpaired) electrons. The molecule has 0 spiro atoms. The summed E-state index contributed by atoms with van der Waals surface area (Å²) in [7, 11) is 0. The second-order valence-corrected chi connectivity index (χ2v) is 6.32. The van der Waals surface area contributed by atoms with Crippen molar-refractivity contribution in [3.63, 3.8) is 0 Å². The van der Waals surface area contributed by atoms with Crippen molar-refractivity contribution >= 4 is 17.0 Å². The molecule has 1 aromatic heterocycles. The second-order valence-electron chi connectivity index (χ2n) is 5.46. The van der Waals surface area contributed by atoms with Crippen LogP contribution in [-0.2, 0) is 12.8 Å². The van der Waals surface area contributed by atoms with Crippen LogP contribution in [0.5, 0.6) is 0 Å². The molecule has 4 rings (SSSR count). The molecule has 0 bridgehead atoms. The number of anilines is 1. The first-order valence-electron chi connectivity index (χ1n) is 7.24. The van der Waals surface area contributed by atoms with Crippen molar-refractivity contribution in [2.24, 2.45) is 0 Å². The minimum atomic E-state index is 0.785. The fourth-order valence-corrected chi connectivity index (χ4v) is 3.83. The van der Waals surface area contributed by atoms with Crippen molar-refractivity contribution in [1.29, 1.82) is 0 Å². The number of aromatic nitrogens is 1. The van der Waals surface area contributed by atoms with Crippen molar-refractivity contribution in [3.05, 3.63) is 59.0 Å². The summed E-state index contributed by atoms with van der Waals surface area (Å²) in [5.74, 6) is 0. The number of thiazole rings is 1. The molecular weight excluding hydrogens is 276 g/mol. The van der Waals surface area contributed by atoms with Gasteiger partial charge in [-0.2, -0.15) is 0 Å². The Balaban J connectivity index is 1.73. The molecule has 0 saturated carbocycles. The number of nitrogens with two attached hydrogens (primary N) is 1. The summed E-state index contributed by atoms with van der Waals surface area (Å²) in [6.07, 6.45) is 3.70. The molecule has 3 aromatic rings. The maximum absolute atomic E-state index is 6.04. The van der Waals surface area contributed by atoms with E-state index in [1.807, 2.05) is 24.3 Å². The van der Waals surface area contributed by atoms with Crippen LogP contribution in [-0.4, -0.2) is 4.98 Å². The monoisotopic (exact) mass is 292 g/mol. The topological polar surface area (TPSA) is 38.9 Å². The Hall–Kier alpha value is -2.13. The van der Waals surface area contributed by atoms with E-state index in [1.165, 1.54) is 36.0 Å². The molecule has 1 heterocycles. The smallest absolute Gasteiger partial charge is 0.126 e. The Morgan fingerprint density at radius 2 is 1.86 bits per heavy atom. The Kier molecular flexibility index (Phi) is 3.00. The molecule has 3 heteroatoms. The van der Waals surface area contributed by atoms with Crippen molar-refractivity contribution in [2.45, 2.75) is 19.3 Å². The van der Waals surface area contributed by atoms with Gasteiger partial charge in [0.15, 0.2) is 0 Å². The summed E-state index contributed by atoms with van der Waals surface area (Å²) in [6, 6.07) is 14.7. The summed E-state index contributed by atoms with van der Waals surface area (Å²) in [4.78, 5) is 4.78. The summed E-state index contributed by atoms with van der Waals surface area (Å²) in [6.45, 7) is 0. The minimum Gasteiger partial charge on any atom is -0.398 e. The van der Waals surface area contributed by atoms with Crippen LogP contribution in [0.2, 0.25) is 0 Å². The maximum Gasteiger partial charge on any atom is 0.126 e. The molecule has 1 aliphatic rings.